The summed E-state index contributed by atoms with van der Waals surface area (Å²) in [7, 11) is 0. The molecule has 1 fully saturated rings. The molecule has 0 atom stereocenters. The van der Waals surface area contributed by atoms with Gasteiger partial charge in [-0.1, -0.05) is 0 Å². The van der Waals surface area contributed by atoms with Crippen molar-refractivity contribution in [2.45, 2.75) is 19.8 Å². The van der Waals surface area contributed by atoms with Crippen molar-refractivity contribution >= 4 is 0 Å². The third kappa shape index (κ3) is 2.64. The van der Waals surface area contributed by atoms with Crippen molar-refractivity contribution in [2.75, 3.05) is 26.2 Å². The number of hydrogen-bond donors (Lipinski definition) is 0. The highest BCUT2D eigenvalue weighted by molar-refractivity contribution is 5.22. The molecular weight excluding hydrogens is 206 g/mol. The Kier molecular flexibility index (Phi) is 3.62. The Morgan fingerprint density at radius 1 is 1.44 bits per heavy atom. The summed E-state index contributed by atoms with van der Waals surface area (Å²) < 4.78 is 10.6. The predicted molar refractivity (Wildman–Crippen MR) is 60.9 cm³/mol. The molecule has 2 rings (SSSR count). The molecule has 0 saturated carbocycles. The molecule has 16 heavy (non-hydrogen) atoms. The first-order chi connectivity index (χ1) is 7.77. The van der Waals surface area contributed by atoms with Crippen molar-refractivity contribution < 1.29 is 9.15 Å². The van der Waals surface area contributed by atoms with Crippen LogP contribution in [0.4, 0.5) is 0 Å². The zero-order chi connectivity index (χ0) is 11.4. The normalized spacial score (nSPS) is 16.6. The molecule has 0 aromatic carbocycles. The Bertz CT molecular complexity index is 393. The minimum atomic E-state index is -0.106. The summed E-state index contributed by atoms with van der Waals surface area (Å²) in [6, 6.07) is 1.39. The summed E-state index contributed by atoms with van der Waals surface area (Å²) in [6.45, 7) is 5.47. The standard InChI is InChI=1S/C12H17NO3/c1-10-12(11(14)4-8-15-10)16-9-7-13-5-2-3-6-13/h4,8H,2-3,5-7,9H2,1H3. The zero-order valence-corrected chi connectivity index (χ0v) is 9.57. The van der Waals surface area contributed by atoms with Gasteiger partial charge in [0.25, 0.3) is 0 Å². The maximum absolute atomic E-state index is 11.5. The van der Waals surface area contributed by atoms with E-state index in [2.05, 4.69) is 4.90 Å². The van der Waals surface area contributed by atoms with Gasteiger partial charge >= 0.3 is 0 Å². The molecule has 88 valence electrons. The summed E-state index contributed by atoms with van der Waals surface area (Å²) in [5.74, 6) is 0.899. The van der Waals surface area contributed by atoms with Crippen LogP contribution in [0.15, 0.2) is 21.5 Å². The number of rotatable bonds is 4. The maximum atomic E-state index is 11.5. The van der Waals surface area contributed by atoms with Gasteiger partial charge in [0, 0.05) is 12.6 Å². The first-order valence-corrected chi connectivity index (χ1v) is 5.71. The van der Waals surface area contributed by atoms with Crippen LogP contribution < -0.4 is 10.2 Å². The minimum absolute atomic E-state index is 0.106. The van der Waals surface area contributed by atoms with Crippen LogP contribution in [0.3, 0.4) is 0 Å². The fourth-order valence-corrected chi connectivity index (χ4v) is 1.96. The van der Waals surface area contributed by atoms with E-state index in [1.165, 1.54) is 25.2 Å². The lowest BCUT2D eigenvalue weighted by Crippen LogP contribution is -2.26. The summed E-state index contributed by atoms with van der Waals surface area (Å²) >= 11 is 0. The quantitative estimate of drug-likeness (QED) is 0.774. The lowest BCUT2D eigenvalue weighted by Gasteiger charge is -2.14. The van der Waals surface area contributed by atoms with Crippen LogP contribution in [0.1, 0.15) is 18.6 Å². The average molecular weight is 223 g/mol. The fourth-order valence-electron chi connectivity index (χ4n) is 1.96. The van der Waals surface area contributed by atoms with Crippen molar-refractivity contribution in [2.24, 2.45) is 0 Å². The lowest BCUT2D eigenvalue weighted by molar-refractivity contribution is 0.230. The van der Waals surface area contributed by atoms with Crippen molar-refractivity contribution in [3.63, 3.8) is 0 Å². The second-order valence-corrected chi connectivity index (χ2v) is 4.07. The molecule has 1 aliphatic rings. The van der Waals surface area contributed by atoms with Crippen LogP contribution in [0.25, 0.3) is 0 Å². The number of aryl methyl sites for hydroxylation is 1. The molecule has 4 heteroatoms. The van der Waals surface area contributed by atoms with Crippen LogP contribution >= 0.6 is 0 Å². The van der Waals surface area contributed by atoms with Crippen LogP contribution in [-0.2, 0) is 0 Å². The average Bonchev–Trinajstić information content (AvgIpc) is 2.75. The zero-order valence-electron chi connectivity index (χ0n) is 9.57. The predicted octanol–water partition coefficient (Wildman–Crippen LogP) is 1.42. The van der Waals surface area contributed by atoms with E-state index < -0.39 is 0 Å². The Labute approximate surface area is 94.8 Å². The van der Waals surface area contributed by atoms with Crippen LogP contribution in [0.5, 0.6) is 5.75 Å². The molecule has 1 aromatic rings. The second-order valence-electron chi connectivity index (χ2n) is 4.07. The van der Waals surface area contributed by atoms with E-state index in [1.54, 1.807) is 6.92 Å². The summed E-state index contributed by atoms with van der Waals surface area (Å²) in [5.41, 5.74) is -0.106. The lowest BCUT2D eigenvalue weighted by atomic mass is 10.4. The Hall–Kier alpha value is -1.29. The fraction of sp³-hybridized carbons (Fsp3) is 0.583. The van der Waals surface area contributed by atoms with Crippen molar-refractivity contribution in [1.29, 1.82) is 0 Å². The van der Waals surface area contributed by atoms with Gasteiger partial charge < -0.3 is 9.15 Å². The van der Waals surface area contributed by atoms with Crippen LogP contribution in [0.2, 0.25) is 0 Å². The van der Waals surface area contributed by atoms with Gasteiger partial charge in [-0.15, -0.1) is 0 Å². The number of nitrogens with zero attached hydrogens (tertiary/aromatic N) is 1. The van der Waals surface area contributed by atoms with Gasteiger partial charge in [-0.05, 0) is 32.9 Å². The third-order valence-corrected chi connectivity index (χ3v) is 2.86. The summed E-state index contributed by atoms with van der Waals surface area (Å²) in [6.07, 6.45) is 3.93. The molecule has 0 amide bonds. The van der Waals surface area contributed by atoms with E-state index in [-0.39, 0.29) is 5.43 Å². The molecule has 0 bridgehead atoms. The van der Waals surface area contributed by atoms with Crippen molar-refractivity contribution in [3.8, 4) is 5.75 Å². The van der Waals surface area contributed by atoms with E-state index in [4.69, 9.17) is 9.15 Å². The number of likely N-dealkylation sites (tertiary alicyclic amines) is 1. The molecule has 4 nitrogen and oxygen atoms in total. The van der Waals surface area contributed by atoms with Gasteiger partial charge in [0.05, 0.1) is 6.26 Å². The van der Waals surface area contributed by atoms with Gasteiger partial charge in [0.1, 0.15) is 12.4 Å². The topological polar surface area (TPSA) is 42.7 Å². The Morgan fingerprint density at radius 3 is 2.88 bits per heavy atom. The van der Waals surface area contributed by atoms with Crippen LogP contribution in [-0.4, -0.2) is 31.1 Å². The highest BCUT2D eigenvalue weighted by Crippen LogP contribution is 2.11. The summed E-state index contributed by atoms with van der Waals surface area (Å²) in [4.78, 5) is 13.8. The van der Waals surface area contributed by atoms with Crippen LogP contribution in [0, 0.1) is 6.92 Å². The van der Waals surface area contributed by atoms with Crippen molar-refractivity contribution in [3.05, 3.63) is 28.3 Å². The molecular formula is C12H17NO3. The van der Waals surface area contributed by atoms with E-state index >= 15 is 0 Å². The largest absolute Gasteiger partial charge is 0.485 e. The van der Waals surface area contributed by atoms with E-state index in [9.17, 15) is 4.79 Å². The monoisotopic (exact) mass is 223 g/mol. The highest BCUT2D eigenvalue weighted by Gasteiger charge is 2.12. The molecule has 0 aliphatic carbocycles. The molecule has 0 radical (unpaired) electrons. The molecule has 2 heterocycles. The van der Waals surface area contributed by atoms with E-state index in [1.807, 2.05) is 0 Å². The first kappa shape index (κ1) is 11.2. The van der Waals surface area contributed by atoms with E-state index in [0.29, 0.717) is 18.1 Å². The third-order valence-electron chi connectivity index (χ3n) is 2.86. The molecule has 1 saturated heterocycles. The second kappa shape index (κ2) is 5.16. The SMILES string of the molecule is Cc1occc(=O)c1OCCN1CCCC1. The van der Waals surface area contributed by atoms with Gasteiger partial charge in [-0.25, -0.2) is 0 Å². The van der Waals surface area contributed by atoms with Gasteiger partial charge in [0.2, 0.25) is 11.2 Å². The molecule has 0 N–H and O–H groups in total. The first-order valence-electron chi connectivity index (χ1n) is 5.71. The van der Waals surface area contributed by atoms with Crippen molar-refractivity contribution in [1.82, 2.24) is 4.90 Å². The Morgan fingerprint density at radius 2 is 2.19 bits per heavy atom. The smallest absolute Gasteiger partial charge is 0.226 e. The summed E-state index contributed by atoms with van der Waals surface area (Å²) in [5, 5.41) is 0. The molecule has 1 aliphatic heterocycles. The van der Waals surface area contributed by atoms with Gasteiger partial charge in [-0.2, -0.15) is 0 Å². The van der Waals surface area contributed by atoms with E-state index in [0.717, 1.165) is 19.6 Å². The maximum Gasteiger partial charge on any atom is 0.226 e. The highest BCUT2D eigenvalue weighted by atomic mass is 16.5. The van der Waals surface area contributed by atoms with Gasteiger partial charge in [-0.3, -0.25) is 9.69 Å². The Balaban J connectivity index is 1.87. The molecule has 0 spiro atoms. The number of hydrogen-bond acceptors (Lipinski definition) is 4. The minimum Gasteiger partial charge on any atom is -0.485 e. The number of ether oxygens (including phenoxy) is 1. The molecule has 1 aromatic heterocycles. The van der Waals surface area contributed by atoms with Gasteiger partial charge in [0.15, 0.2) is 0 Å². The molecule has 0 unspecified atom stereocenters.